The lowest BCUT2D eigenvalue weighted by atomic mass is 10.2. The van der Waals surface area contributed by atoms with Crippen molar-refractivity contribution in [2.24, 2.45) is 0 Å². The van der Waals surface area contributed by atoms with Gasteiger partial charge in [0.1, 0.15) is 0 Å². The van der Waals surface area contributed by atoms with Gasteiger partial charge in [0, 0.05) is 21.4 Å². The highest BCUT2D eigenvalue weighted by Gasteiger charge is 2.03. The fourth-order valence-electron chi connectivity index (χ4n) is 1.88. The molecular weight excluding hydrogens is 286 g/mol. The molecule has 0 radical (unpaired) electrons. The molecule has 0 amide bonds. The highest BCUT2D eigenvalue weighted by molar-refractivity contribution is 7.99. The molecule has 0 aliphatic heterocycles. The van der Waals surface area contributed by atoms with Gasteiger partial charge in [-0.05, 0) is 49.7 Å². The number of aryl methyl sites for hydroxylation is 1. The largest absolute Gasteiger partial charge is 0.313 e. The summed E-state index contributed by atoms with van der Waals surface area (Å²) in [5.41, 5.74) is 2.44. The molecule has 0 fully saturated rings. The summed E-state index contributed by atoms with van der Waals surface area (Å²) >= 11 is 8.09. The highest BCUT2D eigenvalue weighted by Crippen LogP contribution is 2.31. The molecule has 2 rings (SSSR count). The van der Waals surface area contributed by atoms with Crippen molar-refractivity contribution < 1.29 is 0 Å². The molecule has 1 nitrogen and oxygen atoms in total. The van der Waals surface area contributed by atoms with Crippen molar-refractivity contribution in [3.63, 3.8) is 0 Å². The van der Waals surface area contributed by atoms with Gasteiger partial charge in [-0.25, -0.2) is 0 Å². The van der Waals surface area contributed by atoms with E-state index in [1.54, 1.807) is 11.8 Å². The molecule has 106 valence electrons. The minimum atomic E-state index is 0.835. The quantitative estimate of drug-likeness (QED) is 0.727. The Balaban J connectivity index is 2.03. The smallest absolute Gasteiger partial charge is 0.0462 e. The Kier molecular flexibility index (Phi) is 5.96. The summed E-state index contributed by atoms with van der Waals surface area (Å²) in [5.74, 6) is 0. The van der Waals surface area contributed by atoms with Crippen LogP contribution in [-0.2, 0) is 6.54 Å². The Labute approximate surface area is 130 Å². The SMILES string of the molecule is CCCNCc1ccc(Sc2ccc(C)cc2)cc1Cl. The topological polar surface area (TPSA) is 12.0 Å². The summed E-state index contributed by atoms with van der Waals surface area (Å²) in [6.45, 7) is 6.12. The zero-order valence-corrected chi connectivity index (χ0v) is 13.5. The van der Waals surface area contributed by atoms with Crippen LogP contribution in [0.5, 0.6) is 0 Å². The number of rotatable bonds is 6. The van der Waals surface area contributed by atoms with Crippen LogP contribution in [-0.4, -0.2) is 6.54 Å². The molecule has 0 aliphatic rings. The fraction of sp³-hybridized carbons (Fsp3) is 0.294. The third-order valence-corrected chi connectivity index (χ3v) is 4.37. The second-order valence-electron chi connectivity index (χ2n) is 4.85. The van der Waals surface area contributed by atoms with Gasteiger partial charge >= 0.3 is 0 Å². The molecule has 2 aromatic carbocycles. The van der Waals surface area contributed by atoms with Crippen LogP contribution in [0.15, 0.2) is 52.3 Å². The molecule has 0 atom stereocenters. The molecule has 20 heavy (non-hydrogen) atoms. The van der Waals surface area contributed by atoms with Crippen LogP contribution in [0.25, 0.3) is 0 Å². The number of benzene rings is 2. The van der Waals surface area contributed by atoms with E-state index in [1.165, 1.54) is 15.4 Å². The maximum Gasteiger partial charge on any atom is 0.0462 e. The molecule has 0 spiro atoms. The third-order valence-electron chi connectivity index (χ3n) is 3.02. The molecule has 0 unspecified atom stereocenters. The molecule has 0 heterocycles. The zero-order valence-electron chi connectivity index (χ0n) is 11.9. The second-order valence-corrected chi connectivity index (χ2v) is 6.40. The van der Waals surface area contributed by atoms with Gasteiger partial charge < -0.3 is 5.32 Å². The van der Waals surface area contributed by atoms with Gasteiger partial charge in [-0.15, -0.1) is 0 Å². The number of hydrogen-bond donors (Lipinski definition) is 1. The summed E-state index contributed by atoms with van der Waals surface area (Å²) in [6.07, 6.45) is 1.14. The third kappa shape index (κ3) is 4.55. The van der Waals surface area contributed by atoms with Crippen LogP contribution in [0.2, 0.25) is 5.02 Å². The minimum Gasteiger partial charge on any atom is -0.313 e. The minimum absolute atomic E-state index is 0.835. The van der Waals surface area contributed by atoms with E-state index in [0.717, 1.165) is 30.1 Å². The van der Waals surface area contributed by atoms with Gasteiger partial charge in [0.2, 0.25) is 0 Å². The van der Waals surface area contributed by atoms with E-state index >= 15 is 0 Å². The summed E-state index contributed by atoms with van der Waals surface area (Å²) in [5, 5.41) is 4.21. The maximum absolute atomic E-state index is 6.35. The normalized spacial score (nSPS) is 10.8. The van der Waals surface area contributed by atoms with Gasteiger partial charge in [-0.2, -0.15) is 0 Å². The van der Waals surface area contributed by atoms with Gasteiger partial charge in [-0.3, -0.25) is 0 Å². The van der Waals surface area contributed by atoms with Gasteiger partial charge in [0.25, 0.3) is 0 Å². The van der Waals surface area contributed by atoms with Crippen molar-refractivity contribution in [1.29, 1.82) is 0 Å². The first-order valence-corrected chi connectivity index (χ1v) is 8.12. The van der Waals surface area contributed by atoms with E-state index in [4.69, 9.17) is 11.6 Å². The lowest BCUT2D eigenvalue weighted by Gasteiger charge is -2.08. The Morgan fingerprint density at radius 2 is 1.75 bits per heavy atom. The van der Waals surface area contributed by atoms with Crippen LogP contribution < -0.4 is 5.32 Å². The number of hydrogen-bond acceptors (Lipinski definition) is 2. The lowest BCUT2D eigenvalue weighted by Crippen LogP contribution is -2.13. The maximum atomic E-state index is 6.35. The Hall–Kier alpha value is -0.960. The first kappa shape index (κ1) is 15.4. The Morgan fingerprint density at radius 1 is 1.05 bits per heavy atom. The van der Waals surface area contributed by atoms with Crippen LogP contribution in [0, 0.1) is 6.92 Å². The molecule has 0 bridgehead atoms. The number of halogens is 1. The van der Waals surface area contributed by atoms with Crippen LogP contribution in [0.4, 0.5) is 0 Å². The monoisotopic (exact) mass is 305 g/mol. The predicted octanol–water partition coefficient (Wildman–Crippen LogP) is 5.30. The van der Waals surface area contributed by atoms with Crippen LogP contribution in [0.1, 0.15) is 24.5 Å². The summed E-state index contributed by atoms with van der Waals surface area (Å²) < 4.78 is 0. The average Bonchev–Trinajstić information content (AvgIpc) is 2.44. The van der Waals surface area contributed by atoms with E-state index in [0.29, 0.717) is 0 Å². The van der Waals surface area contributed by atoms with E-state index in [1.807, 2.05) is 0 Å². The summed E-state index contributed by atoms with van der Waals surface area (Å²) in [4.78, 5) is 2.42. The van der Waals surface area contributed by atoms with E-state index in [-0.39, 0.29) is 0 Å². The molecule has 3 heteroatoms. The predicted molar refractivity (Wildman–Crippen MR) is 88.8 cm³/mol. The van der Waals surface area contributed by atoms with Gasteiger partial charge in [0.05, 0.1) is 0 Å². The molecule has 1 N–H and O–H groups in total. The second kappa shape index (κ2) is 7.72. The van der Waals surface area contributed by atoms with Crippen molar-refractivity contribution >= 4 is 23.4 Å². The fourth-order valence-corrected chi connectivity index (χ4v) is 3.05. The van der Waals surface area contributed by atoms with Gasteiger partial charge in [0.15, 0.2) is 0 Å². The molecular formula is C17H20ClNS. The Morgan fingerprint density at radius 3 is 2.40 bits per heavy atom. The molecule has 0 saturated heterocycles. The van der Waals surface area contributed by atoms with Crippen LogP contribution in [0.3, 0.4) is 0 Å². The van der Waals surface area contributed by atoms with Crippen molar-refractivity contribution in [3.8, 4) is 0 Å². The zero-order chi connectivity index (χ0) is 14.4. The van der Waals surface area contributed by atoms with E-state index in [9.17, 15) is 0 Å². The highest BCUT2D eigenvalue weighted by atomic mass is 35.5. The van der Waals surface area contributed by atoms with Crippen molar-refractivity contribution in [2.75, 3.05) is 6.54 Å². The molecule has 0 aliphatic carbocycles. The van der Waals surface area contributed by atoms with E-state index in [2.05, 4.69) is 61.6 Å². The Bertz CT molecular complexity index is 551. The lowest BCUT2D eigenvalue weighted by molar-refractivity contribution is 0.675. The average molecular weight is 306 g/mol. The van der Waals surface area contributed by atoms with Crippen LogP contribution >= 0.6 is 23.4 Å². The first-order chi connectivity index (χ1) is 9.69. The van der Waals surface area contributed by atoms with Crippen molar-refractivity contribution in [1.82, 2.24) is 5.32 Å². The molecule has 2 aromatic rings. The summed E-state index contributed by atoms with van der Waals surface area (Å²) in [7, 11) is 0. The van der Waals surface area contributed by atoms with E-state index < -0.39 is 0 Å². The molecule has 0 aromatic heterocycles. The summed E-state index contributed by atoms with van der Waals surface area (Å²) in [6, 6.07) is 14.9. The first-order valence-electron chi connectivity index (χ1n) is 6.92. The standard InChI is InChI=1S/C17H20ClNS/c1-3-10-19-12-14-6-9-16(11-17(14)18)20-15-7-4-13(2)5-8-15/h4-9,11,19H,3,10,12H2,1-2H3. The van der Waals surface area contributed by atoms with Gasteiger partial charge in [-0.1, -0.05) is 54.0 Å². The number of nitrogens with one attached hydrogen (secondary N) is 1. The van der Waals surface area contributed by atoms with Crippen molar-refractivity contribution in [3.05, 3.63) is 58.6 Å². The van der Waals surface area contributed by atoms with Crippen molar-refractivity contribution in [2.45, 2.75) is 36.6 Å². The molecule has 0 saturated carbocycles.